The van der Waals surface area contributed by atoms with Crippen molar-refractivity contribution >= 4 is 5.91 Å². The van der Waals surface area contributed by atoms with Crippen LogP contribution in [0.25, 0.3) is 0 Å². The minimum absolute atomic E-state index is 0.0682. The largest absolute Gasteiger partial charge is 0.356 e. The Bertz CT molecular complexity index is 470. The number of imidazole rings is 1. The molecule has 1 spiro atoms. The van der Waals surface area contributed by atoms with Crippen molar-refractivity contribution in [3.63, 3.8) is 0 Å². The lowest BCUT2D eigenvalue weighted by molar-refractivity contribution is -0.128. The van der Waals surface area contributed by atoms with Crippen LogP contribution in [0.15, 0.2) is 12.5 Å². The van der Waals surface area contributed by atoms with Gasteiger partial charge in [0.1, 0.15) is 0 Å². The molecule has 1 atom stereocenters. The molecule has 3 rings (SSSR count). The molecule has 0 radical (unpaired) electrons. The van der Waals surface area contributed by atoms with Crippen molar-refractivity contribution < 1.29 is 4.79 Å². The molecule has 0 bridgehead atoms. The number of likely N-dealkylation sites (tertiary alicyclic amines) is 1. The molecule has 2 fully saturated rings. The van der Waals surface area contributed by atoms with E-state index in [0.29, 0.717) is 0 Å². The van der Waals surface area contributed by atoms with Crippen LogP contribution in [-0.2, 0) is 18.4 Å². The number of nitrogens with one attached hydrogen (secondary N) is 1. The van der Waals surface area contributed by atoms with E-state index in [2.05, 4.69) is 19.8 Å². The van der Waals surface area contributed by atoms with Crippen molar-refractivity contribution in [2.75, 3.05) is 19.6 Å². The van der Waals surface area contributed by atoms with Crippen molar-refractivity contribution in [3.05, 3.63) is 18.2 Å². The van der Waals surface area contributed by atoms with Gasteiger partial charge in [-0.2, -0.15) is 0 Å². The summed E-state index contributed by atoms with van der Waals surface area (Å²) in [5.41, 5.74) is 1.17. The van der Waals surface area contributed by atoms with Crippen LogP contribution in [0.3, 0.4) is 0 Å². The summed E-state index contributed by atoms with van der Waals surface area (Å²) >= 11 is 0. The first-order valence-electron chi connectivity index (χ1n) is 7.15. The van der Waals surface area contributed by atoms with Crippen LogP contribution >= 0.6 is 0 Å². The smallest absolute Gasteiger partial charge is 0.226 e. The fourth-order valence-electron chi connectivity index (χ4n) is 3.37. The van der Waals surface area contributed by atoms with Gasteiger partial charge in [0.2, 0.25) is 5.91 Å². The van der Waals surface area contributed by atoms with Crippen LogP contribution in [0.2, 0.25) is 0 Å². The Balaban J connectivity index is 1.65. The molecule has 0 saturated carbocycles. The maximum atomic E-state index is 12.0. The lowest BCUT2D eigenvalue weighted by Gasteiger charge is -2.24. The van der Waals surface area contributed by atoms with Crippen molar-refractivity contribution in [2.45, 2.75) is 32.2 Å². The molecule has 1 unspecified atom stereocenters. The molecule has 2 aliphatic rings. The summed E-state index contributed by atoms with van der Waals surface area (Å²) in [6.07, 6.45) is 7.95. The fourth-order valence-corrected chi connectivity index (χ4v) is 3.37. The molecule has 1 aromatic heterocycles. The maximum Gasteiger partial charge on any atom is 0.226 e. The molecular formula is C14H22N4O. The molecule has 0 aromatic carbocycles. The second-order valence-electron chi connectivity index (χ2n) is 5.91. The topological polar surface area (TPSA) is 50.2 Å². The highest BCUT2D eigenvalue weighted by Crippen LogP contribution is 2.38. The summed E-state index contributed by atoms with van der Waals surface area (Å²) in [7, 11) is 2.03. The van der Waals surface area contributed by atoms with E-state index in [-0.39, 0.29) is 11.3 Å². The van der Waals surface area contributed by atoms with Gasteiger partial charge < -0.3 is 9.88 Å². The van der Waals surface area contributed by atoms with E-state index in [1.165, 1.54) is 5.69 Å². The van der Waals surface area contributed by atoms with Crippen molar-refractivity contribution in [2.24, 2.45) is 12.5 Å². The Morgan fingerprint density at radius 3 is 2.95 bits per heavy atom. The summed E-state index contributed by atoms with van der Waals surface area (Å²) in [4.78, 5) is 18.7. The highest BCUT2D eigenvalue weighted by molar-refractivity contribution is 5.84. The highest BCUT2D eigenvalue weighted by atomic mass is 16.2. The Kier molecular flexibility index (Phi) is 3.31. The summed E-state index contributed by atoms with van der Waals surface area (Å²) in [5.74, 6) is 0.287. The predicted molar refractivity (Wildman–Crippen MR) is 72.4 cm³/mol. The second-order valence-corrected chi connectivity index (χ2v) is 5.91. The van der Waals surface area contributed by atoms with Gasteiger partial charge in [-0.1, -0.05) is 0 Å². The average Bonchev–Trinajstić information content (AvgIpc) is 2.86. The van der Waals surface area contributed by atoms with E-state index in [1.807, 2.05) is 19.6 Å². The summed E-state index contributed by atoms with van der Waals surface area (Å²) in [6, 6.07) is 0. The van der Waals surface area contributed by atoms with Crippen LogP contribution < -0.4 is 5.32 Å². The number of amides is 1. The molecule has 5 nitrogen and oxygen atoms in total. The Morgan fingerprint density at radius 2 is 2.26 bits per heavy atom. The van der Waals surface area contributed by atoms with Crippen molar-refractivity contribution in [1.82, 2.24) is 19.8 Å². The van der Waals surface area contributed by atoms with Gasteiger partial charge in [0.15, 0.2) is 0 Å². The molecule has 2 aliphatic heterocycles. The Hall–Kier alpha value is -1.36. The molecule has 1 amide bonds. The number of aromatic nitrogens is 2. The van der Waals surface area contributed by atoms with Gasteiger partial charge >= 0.3 is 0 Å². The molecule has 3 heterocycles. The van der Waals surface area contributed by atoms with E-state index in [4.69, 9.17) is 0 Å². The first-order chi connectivity index (χ1) is 9.20. The number of nitrogens with zero attached hydrogens (tertiary/aromatic N) is 3. The van der Waals surface area contributed by atoms with Gasteiger partial charge in [0.05, 0.1) is 17.4 Å². The molecule has 19 heavy (non-hydrogen) atoms. The Morgan fingerprint density at radius 1 is 1.37 bits per heavy atom. The molecule has 5 heteroatoms. The van der Waals surface area contributed by atoms with Crippen molar-refractivity contribution in [1.29, 1.82) is 0 Å². The third kappa shape index (κ3) is 2.39. The van der Waals surface area contributed by atoms with E-state index < -0.39 is 0 Å². The molecule has 1 N–H and O–H groups in total. The lowest BCUT2D eigenvalue weighted by Crippen LogP contribution is -2.32. The summed E-state index contributed by atoms with van der Waals surface area (Å²) in [5, 5.41) is 3.01. The molecule has 0 aliphatic carbocycles. The fraction of sp³-hybridized carbons (Fsp3) is 0.714. The van der Waals surface area contributed by atoms with Crippen LogP contribution in [0.5, 0.6) is 0 Å². The molecule has 1 aromatic rings. The van der Waals surface area contributed by atoms with Gasteiger partial charge in [-0.3, -0.25) is 9.69 Å². The maximum absolute atomic E-state index is 12.0. The van der Waals surface area contributed by atoms with Gasteiger partial charge in [-0.15, -0.1) is 0 Å². The Labute approximate surface area is 114 Å². The van der Waals surface area contributed by atoms with Crippen LogP contribution in [-0.4, -0.2) is 40.0 Å². The predicted octanol–water partition coefficient (Wildman–Crippen LogP) is 0.912. The first-order valence-corrected chi connectivity index (χ1v) is 7.15. The highest BCUT2D eigenvalue weighted by Gasteiger charge is 2.42. The quantitative estimate of drug-likeness (QED) is 0.862. The second kappa shape index (κ2) is 4.96. The van der Waals surface area contributed by atoms with E-state index in [9.17, 15) is 4.79 Å². The third-order valence-electron chi connectivity index (χ3n) is 4.71. The summed E-state index contributed by atoms with van der Waals surface area (Å²) < 4.78 is 2.07. The van der Waals surface area contributed by atoms with E-state index >= 15 is 0 Å². The monoisotopic (exact) mass is 262 g/mol. The van der Waals surface area contributed by atoms with E-state index in [1.54, 1.807) is 0 Å². The van der Waals surface area contributed by atoms with Gasteiger partial charge in [-0.25, -0.2) is 4.98 Å². The number of carbonyl (C=O) groups is 1. The molecule has 104 valence electrons. The average molecular weight is 262 g/mol. The van der Waals surface area contributed by atoms with Crippen LogP contribution in [0.1, 0.15) is 31.4 Å². The van der Waals surface area contributed by atoms with Gasteiger partial charge in [0, 0.05) is 26.3 Å². The zero-order chi connectivity index (χ0) is 13.3. The standard InChI is InChI=1S/C14H22N4O/c1-17-11-15-9-12(17)10-18-7-2-3-14(5-8-18)4-6-16-13(14)19/h9,11H,2-8,10H2,1H3,(H,16,19). The normalized spacial score (nSPS) is 28.6. The van der Waals surface area contributed by atoms with Gasteiger partial charge in [0.25, 0.3) is 0 Å². The van der Waals surface area contributed by atoms with Crippen LogP contribution in [0, 0.1) is 5.41 Å². The molecular weight excluding hydrogens is 240 g/mol. The van der Waals surface area contributed by atoms with E-state index in [0.717, 1.165) is 51.9 Å². The number of aryl methyl sites for hydroxylation is 1. The zero-order valence-electron chi connectivity index (χ0n) is 11.6. The minimum atomic E-state index is -0.0682. The SMILES string of the molecule is Cn1cncc1CN1CCCC2(CCNC2=O)CC1. The lowest BCUT2D eigenvalue weighted by atomic mass is 9.79. The summed E-state index contributed by atoms with van der Waals surface area (Å²) in [6.45, 7) is 3.90. The van der Waals surface area contributed by atoms with Crippen LogP contribution in [0.4, 0.5) is 0 Å². The third-order valence-corrected chi connectivity index (χ3v) is 4.71. The molecule has 2 saturated heterocycles. The first kappa shape index (κ1) is 12.7. The van der Waals surface area contributed by atoms with Crippen molar-refractivity contribution in [3.8, 4) is 0 Å². The number of rotatable bonds is 2. The number of hydrogen-bond acceptors (Lipinski definition) is 3. The minimum Gasteiger partial charge on any atom is -0.356 e. The zero-order valence-corrected chi connectivity index (χ0v) is 11.6. The number of hydrogen-bond donors (Lipinski definition) is 1. The number of carbonyl (C=O) groups excluding carboxylic acids is 1. The van der Waals surface area contributed by atoms with Gasteiger partial charge in [-0.05, 0) is 38.8 Å².